The van der Waals surface area contributed by atoms with Gasteiger partial charge in [-0.2, -0.15) is 0 Å². The quantitative estimate of drug-likeness (QED) is 0.791. The van der Waals surface area contributed by atoms with Crippen molar-refractivity contribution in [3.63, 3.8) is 0 Å². The van der Waals surface area contributed by atoms with Crippen LogP contribution in [0.4, 0.5) is 0 Å². The summed E-state index contributed by atoms with van der Waals surface area (Å²) in [5.74, 6) is 1.44. The van der Waals surface area contributed by atoms with E-state index in [4.69, 9.17) is 16.3 Å². The van der Waals surface area contributed by atoms with Crippen LogP contribution in [0.2, 0.25) is 5.15 Å². The fraction of sp³-hybridized carbons (Fsp3) is 0.143. The lowest BCUT2D eigenvalue weighted by molar-refractivity contribution is 0.415. The molecule has 0 radical (unpaired) electrons. The predicted molar refractivity (Wildman–Crippen MR) is 73.7 cm³/mol. The second kappa shape index (κ2) is 5.65. The van der Waals surface area contributed by atoms with Gasteiger partial charge in [0.25, 0.3) is 0 Å². The summed E-state index contributed by atoms with van der Waals surface area (Å²) in [7, 11) is 1.65. The van der Waals surface area contributed by atoms with E-state index in [9.17, 15) is 0 Å². The van der Waals surface area contributed by atoms with Crippen molar-refractivity contribution in [2.45, 2.75) is 6.92 Å². The van der Waals surface area contributed by atoms with E-state index in [1.807, 2.05) is 43.3 Å². The molecule has 0 bridgehead atoms. The van der Waals surface area contributed by atoms with Crippen molar-refractivity contribution in [1.82, 2.24) is 9.97 Å². The molecule has 1 heterocycles. The van der Waals surface area contributed by atoms with E-state index in [-0.39, 0.29) is 0 Å². The number of aryl methyl sites for hydroxylation is 1. The molecule has 0 aliphatic rings. The molecule has 3 nitrogen and oxygen atoms in total. The third-order valence-electron chi connectivity index (χ3n) is 2.38. The Kier molecular flexibility index (Phi) is 3.95. The van der Waals surface area contributed by atoms with Crippen LogP contribution < -0.4 is 4.74 Å². The summed E-state index contributed by atoms with van der Waals surface area (Å²) >= 11 is 5.87. The van der Waals surface area contributed by atoms with Crippen molar-refractivity contribution in [3.05, 3.63) is 52.6 Å². The highest BCUT2D eigenvalue weighted by molar-refractivity contribution is 6.29. The second-order valence-corrected chi connectivity index (χ2v) is 4.18. The minimum atomic E-state index is 0.455. The fourth-order valence-electron chi connectivity index (χ4n) is 1.51. The summed E-state index contributed by atoms with van der Waals surface area (Å²) in [6, 6.07) is 9.47. The maximum Gasteiger partial charge on any atom is 0.153 e. The molecule has 0 saturated carbocycles. The number of halogens is 1. The van der Waals surface area contributed by atoms with Crippen LogP contribution in [0.25, 0.3) is 12.2 Å². The minimum absolute atomic E-state index is 0.455. The van der Waals surface area contributed by atoms with Crippen LogP contribution >= 0.6 is 11.6 Å². The molecule has 2 rings (SSSR count). The topological polar surface area (TPSA) is 35.0 Å². The van der Waals surface area contributed by atoms with Gasteiger partial charge < -0.3 is 4.74 Å². The van der Waals surface area contributed by atoms with Gasteiger partial charge in [-0.3, -0.25) is 0 Å². The Bertz CT molecular complexity index is 544. The molecule has 1 aromatic heterocycles. The van der Waals surface area contributed by atoms with Crippen LogP contribution in [0.5, 0.6) is 5.75 Å². The average Bonchev–Trinajstić information content (AvgIpc) is 2.36. The zero-order chi connectivity index (χ0) is 13.0. The molecule has 92 valence electrons. The lowest BCUT2D eigenvalue weighted by Gasteiger charge is -1.99. The highest BCUT2D eigenvalue weighted by Crippen LogP contribution is 2.14. The summed E-state index contributed by atoms with van der Waals surface area (Å²) in [6.07, 6.45) is 3.77. The van der Waals surface area contributed by atoms with Crippen molar-refractivity contribution in [3.8, 4) is 5.75 Å². The molecule has 0 N–H and O–H groups in total. The highest BCUT2D eigenvalue weighted by atomic mass is 35.5. The largest absolute Gasteiger partial charge is 0.497 e. The molecule has 0 aliphatic carbocycles. The Balaban J connectivity index is 2.18. The van der Waals surface area contributed by atoms with Crippen LogP contribution in [0.15, 0.2) is 30.3 Å². The lowest BCUT2D eigenvalue weighted by Crippen LogP contribution is -1.90. The fourth-order valence-corrected chi connectivity index (χ4v) is 1.76. The molecule has 0 fully saturated rings. The molecular weight excluding hydrogens is 248 g/mol. The first-order chi connectivity index (χ1) is 8.67. The van der Waals surface area contributed by atoms with E-state index >= 15 is 0 Å². The Morgan fingerprint density at radius 3 is 2.44 bits per heavy atom. The second-order valence-electron chi connectivity index (χ2n) is 3.80. The van der Waals surface area contributed by atoms with E-state index < -0.39 is 0 Å². The Labute approximate surface area is 111 Å². The van der Waals surface area contributed by atoms with Gasteiger partial charge in [-0.25, -0.2) is 9.97 Å². The van der Waals surface area contributed by atoms with Gasteiger partial charge in [-0.1, -0.05) is 29.8 Å². The molecule has 0 atom stereocenters. The maximum atomic E-state index is 5.87. The molecule has 0 spiro atoms. The highest BCUT2D eigenvalue weighted by Gasteiger charge is 1.97. The number of hydrogen-bond donors (Lipinski definition) is 0. The van der Waals surface area contributed by atoms with Crippen molar-refractivity contribution in [2.75, 3.05) is 7.11 Å². The lowest BCUT2D eigenvalue weighted by atomic mass is 10.2. The smallest absolute Gasteiger partial charge is 0.153 e. The third-order valence-corrected chi connectivity index (χ3v) is 2.57. The number of methoxy groups -OCH3 is 1. The standard InChI is InChI=1S/C14H13ClN2O/c1-10-9-13(15)17-14(16-10)8-5-11-3-6-12(18-2)7-4-11/h3-9H,1-2H3/b8-5+. The van der Waals surface area contributed by atoms with Gasteiger partial charge in [-0.15, -0.1) is 0 Å². The predicted octanol–water partition coefficient (Wildman–Crippen LogP) is 3.62. The number of aromatic nitrogens is 2. The molecule has 0 aliphatic heterocycles. The van der Waals surface area contributed by atoms with Crippen LogP contribution in [-0.2, 0) is 0 Å². The molecular formula is C14H13ClN2O. The van der Waals surface area contributed by atoms with E-state index in [0.29, 0.717) is 11.0 Å². The molecule has 18 heavy (non-hydrogen) atoms. The third kappa shape index (κ3) is 3.31. The van der Waals surface area contributed by atoms with E-state index in [1.165, 1.54) is 0 Å². The maximum absolute atomic E-state index is 5.87. The summed E-state index contributed by atoms with van der Waals surface area (Å²) in [4.78, 5) is 8.40. The van der Waals surface area contributed by atoms with Crippen LogP contribution in [0.3, 0.4) is 0 Å². The van der Waals surface area contributed by atoms with Crippen molar-refractivity contribution in [1.29, 1.82) is 0 Å². The molecule has 4 heteroatoms. The number of rotatable bonds is 3. The van der Waals surface area contributed by atoms with Gasteiger partial charge in [0.15, 0.2) is 5.82 Å². The summed E-state index contributed by atoms with van der Waals surface area (Å²) < 4.78 is 5.10. The first-order valence-corrected chi connectivity index (χ1v) is 5.88. The first kappa shape index (κ1) is 12.6. The van der Waals surface area contributed by atoms with Gasteiger partial charge in [-0.05, 0) is 36.8 Å². The molecule has 0 amide bonds. The Morgan fingerprint density at radius 1 is 1.11 bits per heavy atom. The van der Waals surface area contributed by atoms with Gasteiger partial charge in [0.05, 0.1) is 7.11 Å². The minimum Gasteiger partial charge on any atom is -0.497 e. The van der Waals surface area contributed by atoms with Crippen molar-refractivity contribution >= 4 is 23.8 Å². The van der Waals surface area contributed by atoms with Gasteiger partial charge in [0.1, 0.15) is 10.9 Å². The summed E-state index contributed by atoms with van der Waals surface area (Å²) in [5.41, 5.74) is 1.90. The molecule has 2 aromatic rings. The zero-order valence-corrected chi connectivity index (χ0v) is 11.0. The van der Waals surface area contributed by atoms with Crippen LogP contribution in [-0.4, -0.2) is 17.1 Å². The van der Waals surface area contributed by atoms with Gasteiger partial charge >= 0.3 is 0 Å². The Hall–Kier alpha value is -1.87. The normalized spacial score (nSPS) is 10.8. The monoisotopic (exact) mass is 260 g/mol. The number of nitrogens with zero attached hydrogens (tertiary/aromatic N) is 2. The van der Waals surface area contributed by atoms with Crippen LogP contribution in [0, 0.1) is 6.92 Å². The van der Waals surface area contributed by atoms with Crippen molar-refractivity contribution in [2.24, 2.45) is 0 Å². The number of ether oxygens (including phenoxy) is 1. The SMILES string of the molecule is COc1ccc(/C=C/c2nc(C)cc(Cl)n2)cc1. The number of benzene rings is 1. The van der Waals surface area contributed by atoms with E-state index in [0.717, 1.165) is 17.0 Å². The zero-order valence-electron chi connectivity index (χ0n) is 10.2. The first-order valence-electron chi connectivity index (χ1n) is 5.51. The average molecular weight is 261 g/mol. The van der Waals surface area contributed by atoms with E-state index in [1.54, 1.807) is 13.2 Å². The van der Waals surface area contributed by atoms with Crippen molar-refractivity contribution < 1.29 is 4.74 Å². The van der Waals surface area contributed by atoms with Crippen LogP contribution in [0.1, 0.15) is 17.1 Å². The Morgan fingerprint density at radius 2 is 1.83 bits per heavy atom. The van der Waals surface area contributed by atoms with E-state index in [2.05, 4.69) is 9.97 Å². The van der Waals surface area contributed by atoms with Gasteiger partial charge in [0.2, 0.25) is 0 Å². The number of hydrogen-bond acceptors (Lipinski definition) is 3. The molecule has 0 unspecified atom stereocenters. The molecule has 0 saturated heterocycles. The summed E-state index contributed by atoms with van der Waals surface area (Å²) in [5, 5.41) is 0.455. The molecule has 1 aromatic carbocycles. The van der Waals surface area contributed by atoms with Gasteiger partial charge in [0, 0.05) is 5.69 Å². The summed E-state index contributed by atoms with van der Waals surface area (Å²) in [6.45, 7) is 1.89.